The number of thioether (sulfide) groups is 1. The van der Waals surface area contributed by atoms with Gasteiger partial charge in [0.05, 0.1) is 22.6 Å². The Morgan fingerprint density at radius 3 is 2.94 bits per heavy atom. The molecule has 0 saturated carbocycles. The normalized spacial score (nSPS) is 12.5. The van der Waals surface area contributed by atoms with Crippen molar-refractivity contribution in [2.75, 3.05) is 12.4 Å². The molecular weight excluding hydrogens is 432 g/mol. The van der Waals surface area contributed by atoms with Crippen LogP contribution in [0.3, 0.4) is 0 Å². The van der Waals surface area contributed by atoms with Crippen molar-refractivity contribution in [1.82, 2.24) is 25.1 Å². The summed E-state index contributed by atoms with van der Waals surface area (Å²) in [5.74, 6) is 0.618. The molecule has 0 aliphatic rings. The minimum atomic E-state index is -0.370. The molecular formula is C21H18N6O2S2. The number of hydrogen-bond donors (Lipinski definition) is 2. The van der Waals surface area contributed by atoms with Crippen LogP contribution >= 0.6 is 23.1 Å². The molecule has 0 saturated heterocycles. The highest BCUT2D eigenvalue weighted by molar-refractivity contribution is 8.00. The number of rotatable bonds is 6. The number of amides is 1. The van der Waals surface area contributed by atoms with Gasteiger partial charge in [0.2, 0.25) is 11.1 Å². The van der Waals surface area contributed by atoms with Gasteiger partial charge in [0, 0.05) is 10.9 Å². The molecule has 31 heavy (non-hydrogen) atoms. The SMILES string of the molecule is CCC(Sc1nnc2c(n1)[nH]c1ccccc12)C(=O)Nc1nc2ccc(OC)cc2s1. The molecule has 2 aromatic carbocycles. The van der Waals surface area contributed by atoms with Gasteiger partial charge in [-0.05, 0) is 30.7 Å². The van der Waals surface area contributed by atoms with Crippen molar-refractivity contribution in [1.29, 1.82) is 0 Å². The number of H-pyrrole nitrogens is 1. The summed E-state index contributed by atoms with van der Waals surface area (Å²) in [4.78, 5) is 25.2. The fourth-order valence-electron chi connectivity index (χ4n) is 3.28. The summed E-state index contributed by atoms with van der Waals surface area (Å²) < 4.78 is 6.20. The van der Waals surface area contributed by atoms with Gasteiger partial charge < -0.3 is 15.0 Å². The van der Waals surface area contributed by atoms with Gasteiger partial charge in [-0.25, -0.2) is 9.97 Å². The maximum absolute atomic E-state index is 12.9. The lowest BCUT2D eigenvalue weighted by molar-refractivity contribution is -0.115. The van der Waals surface area contributed by atoms with Crippen molar-refractivity contribution < 1.29 is 9.53 Å². The van der Waals surface area contributed by atoms with Crippen LogP contribution in [0, 0.1) is 0 Å². The van der Waals surface area contributed by atoms with Crippen LogP contribution in [0.1, 0.15) is 13.3 Å². The summed E-state index contributed by atoms with van der Waals surface area (Å²) in [6, 6.07) is 13.5. The molecule has 1 atom stereocenters. The van der Waals surface area contributed by atoms with Crippen molar-refractivity contribution in [3.63, 3.8) is 0 Å². The monoisotopic (exact) mass is 450 g/mol. The molecule has 3 aromatic heterocycles. The maximum atomic E-state index is 12.9. The highest BCUT2D eigenvalue weighted by atomic mass is 32.2. The Labute approximate surface area is 185 Å². The molecule has 8 nitrogen and oxygen atoms in total. The Kier molecular flexibility index (Phi) is 5.16. The summed E-state index contributed by atoms with van der Waals surface area (Å²) in [5, 5.41) is 13.1. The van der Waals surface area contributed by atoms with Crippen LogP contribution in [-0.2, 0) is 4.79 Å². The molecule has 3 heterocycles. The molecule has 0 aliphatic heterocycles. The van der Waals surface area contributed by atoms with Gasteiger partial charge in [0.1, 0.15) is 11.3 Å². The molecule has 5 aromatic rings. The molecule has 5 rings (SSSR count). The Morgan fingerprint density at radius 2 is 2.10 bits per heavy atom. The first-order valence-electron chi connectivity index (χ1n) is 9.68. The highest BCUT2D eigenvalue weighted by Gasteiger charge is 2.22. The number of benzene rings is 2. The summed E-state index contributed by atoms with van der Waals surface area (Å²) in [7, 11) is 1.62. The Morgan fingerprint density at radius 1 is 1.23 bits per heavy atom. The molecule has 10 heteroatoms. The zero-order chi connectivity index (χ0) is 21.4. The van der Waals surface area contributed by atoms with Crippen LogP contribution in [0.4, 0.5) is 5.13 Å². The molecule has 156 valence electrons. The van der Waals surface area contributed by atoms with Gasteiger partial charge >= 0.3 is 0 Å². The van der Waals surface area contributed by atoms with Crippen LogP contribution in [0.5, 0.6) is 5.75 Å². The number of fused-ring (bicyclic) bond motifs is 4. The topological polar surface area (TPSA) is 106 Å². The third kappa shape index (κ3) is 3.79. The molecule has 0 bridgehead atoms. The average Bonchev–Trinajstić information content (AvgIpc) is 3.36. The first-order valence-corrected chi connectivity index (χ1v) is 11.4. The lowest BCUT2D eigenvalue weighted by Gasteiger charge is -2.11. The number of methoxy groups -OCH3 is 1. The zero-order valence-electron chi connectivity index (χ0n) is 16.7. The number of ether oxygens (including phenoxy) is 1. The number of aromatic amines is 1. The van der Waals surface area contributed by atoms with Crippen LogP contribution < -0.4 is 10.1 Å². The molecule has 2 N–H and O–H groups in total. The fourth-order valence-corrected chi connectivity index (χ4v) is 4.99. The number of carbonyl (C=O) groups excluding carboxylic acids is 1. The van der Waals surface area contributed by atoms with E-state index in [0.29, 0.717) is 22.4 Å². The van der Waals surface area contributed by atoms with E-state index < -0.39 is 0 Å². The standard InChI is InChI=1S/C21H18N6O2S2/c1-3-15(19(28)25-20-23-14-9-8-11(29-2)10-16(14)31-20)30-21-24-18-17(26-27-21)12-6-4-5-7-13(12)22-18/h4-10,15H,3H2,1-2H3,(H,22,24,27)(H,23,25,28). The summed E-state index contributed by atoms with van der Waals surface area (Å²) in [6.07, 6.45) is 0.614. The second-order valence-corrected chi connectivity index (χ2v) is 9.02. The van der Waals surface area contributed by atoms with Crippen molar-refractivity contribution in [3.8, 4) is 5.75 Å². The van der Waals surface area contributed by atoms with Crippen LogP contribution in [0.2, 0.25) is 0 Å². The van der Waals surface area contributed by atoms with E-state index in [4.69, 9.17) is 4.74 Å². The Bertz CT molecular complexity index is 1410. The number of hydrogen-bond acceptors (Lipinski definition) is 8. The van der Waals surface area contributed by atoms with E-state index in [9.17, 15) is 4.79 Å². The minimum Gasteiger partial charge on any atom is -0.497 e. The van der Waals surface area contributed by atoms with Crippen molar-refractivity contribution in [2.45, 2.75) is 23.8 Å². The Balaban J connectivity index is 1.35. The highest BCUT2D eigenvalue weighted by Crippen LogP contribution is 2.31. The molecule has 0 fully saturated rings. The van der Waals surface area contributed by atoms with Crippen LogP contribution in [0.25, 0.3) is 32.3 Å². The lowest BCUT2D eigenvalue weighted by Crippen LogP contribution is -2.24. The first kappa shape index (κ1) is 19.7. The van der Waals surface area contributed by atoms with Gasteiger partial charge in [-0.1, -0.05) is 48.2 Å². The van der Waals surface area contributed by atoms with Crippen molar-refractivity contribution in [2.24, 2.45) is 0 Å². The largest absolute Gasteiger partial charge is 0.497 e. The predicted molar refractivity (Wildman–Crippen MR) is 124 cm³/mol. The van der Waals surface area contributed by atoms with Gasteiger partial charge in [-0.2, -0.15) is 0 Å². The minimum absolute atomic E-state index is 0.140. The zero-order valence-corrected chi connectivity index (χ0v) is 18.4. The van der Waals surface area contributed by atoms with Gasteiger partial charge in [-0.3, -0.25) is 4.79 Å². The van der Waals surface area contributed by atoms with Gasteiger partial charge in [-0.15, -0.1) is 10.2 Å². The third-order valence-corrected chi connectivity index (χ3v) is 6.99. The summed E-state index contributed by atoms with van der Waals surface area (Å²) in [5.41, 5.74) is 3.16. The van der Waals surface area contributed by atoms with Crippen molar-refractivity contribution >= 4 is 66.4 Å². The second-order valence-electron chi connectivity index (χ2n) is 6.82. The number of para-hydroxylation sites is 1. The van der Waals surface area contributed by atoms with E-state index in [2.05, 4.69) is 30.5 Å². The number of nitrogens with zero attached hydrogens (tertiary/aromatic N) is 4. The molecule has 1 unspecified atom stereocenters. The van der Waals surface area contributed by atoms with Crippen LogP contribution in [-0.4, -0.2) is 43.4 Å². The molecule has 0 aliphatic carbocycles. The van der Waals surface area contributed by atoms with Gasteiger partial charge in [0.15, 0.2) is 10.8 Å². The predicted octanol–water partition coefficient (Wildman–Crippen LogP) is 4.63. The van der Waals surface area contributed by atoms with Gasteiger partial charge in [0.25, 0.3) is 0 Å². The van der Waals surface area contributed by atoms with E-state index >= 15 is 0 Å². The summed E-state index contributed by atoms with van der Waals surface area (Å²) in [6.45, 7) is 1.95. The molecule has 0 radical (unpaired) electrons. The number of nitrogens with one attached hydrogen (secondary N) is 2. The lowest BCUT2D eigenvalue weighted by atomic mass is 10.2. The van der Waals surface area contributed by atoms with E-state index in [1.54, 1.807) is 7.11 Å². The summed E-state index contributed by atoms with van der Waals surface area (Å²) >= 11 is 2.71. The van der Waals surface area contributed by atoms with Crippen LogP contribution in [0.15, 0.2) is 47.6 Å². The van der Waals surface area contributed by atoms with E-state index in [1.807, 2.05) is 49.4 Å². The molecule has 0 spiro atoms. The van der Waals surface area contributed by atoms with E-state index in [0.717, 1.165) is 32.4 Å². The number of anilines is 1. The second kappa shape index (κ2) is 8.12. The molecule has 1 amide bonds. The quantitative estimate of drug-likeness (QED) is 0.363. The van der Waals surface area contributed by atoms with E-state index in [-0.39, 0.29) is 11.2 Å². The Hall–Kier alpha value is -3.24. The fraction of sp³-hybridized carbons (Fsp3) is 0.190. The number of thiazole rings is 1. The smallest absolute Gasteiger partial charge is 0.239 e. The van der Waals surface area contributed by atoms with E-state index in [1.165, 1.54) is 23.1 Å². The average molecular weight is 451 g/mol. The first-order chi connectivity index (χ1) is 15.1. The number of aromatic nitrogens is 5. The third-order valence-electron chi connectivity index (χ3n) is 4.84. The number of carbonyl (C=O) groups is 1. The maximum Gasteiger partial charge on any atom is 0.239 e. The van der Waals surface area contributed by atoms with Crippen molar-refractivity contribution in [3.05, 3.63) is 42.5 Å².